The Kier molecular flexibility index (Phi) is 5.12. The molecule has 1 atom stereocenters. The highest BCUT2D eigenvalue weighted by molar-refractivity contribution is 7.89. The minimum Gasteiger partial charge on any atom is -0.315 e. The number of halogens is 1. The highest BCUT2D eigenvalue weighted by Gasteiger charge is 2.31. The van der Waals surface area contributed by atoms with E-state index in [2.05, 4.69) is 5.32 Å². The van der Waals surface area contributed by atoms with Gasteiger partial charge in [-0.25, -0.2) is 12.8 Å². The summed E-state index contributed by atoms with van der Waals surface area (Å²) < 4.78 is 40.2. The molecule has 1 aromatic carbocycles. The average molecular weight is 300 g/mol. The van der Waals surface area contributed by atoms with E-state index in [0.717, 1.165) is 31.9 Å². The lowest BCUT2D eigenvalue weighted by Gasteiger charge is -2.33. The first kappa shape index (κ1) is 15.4. The second-order valence-corrected chi connectivity index (χ2v) is 6.96. The first-order chi connectivity index (χ1) is 9.55. The Labute approximate surface area is 120 Å². The van der Waals surface area contributed by atoms with Crippen LogP contribution in [-0.4, -0.2) is 38.4 Å². The topological polar surface area (TPSA) is 49.4 Å². The third-order valence-corrected chi connectivity index (χ3v) is 5.47. The summed E-state index contributed by atoms with van der Waals surface area (Å²) in [4.78, 5) is 0.0384. The Morgan fingerprint density at radius 3 is 2.85 bits per heavy atom. The van der Waals surface area contributed by atoms with Crippen LogP contribution in [0.4, 0.5) is 4.39 Å². The fourth-order valence-electron chi connectivity index (χ4n) is 2.56. The van der Waals surface area contributed by atoms with Crippen LogP contribution < -0.4 is 5.32 Å². The van der Waals surface area contributed by atoms with Crippen molar-refractivity contribution in [2.24, 2.45) is 0 Å². The highest BCUT2D eigenvalue weighted by atomic mass is 32.2. The Morgan fingerprint density at radius 1 is 1.45 bits per heavy atom. The molecule has 4 nitrogen and oxygen atoms in total. The van der Waals surface area contributed by atoms with Gasteiger partial charge < -0.3 is 5.32 Å². The standard InChI is InChI=1S/C14H21FN2O2S/c1-2-9-17(13-6-4-8-16-11-13)20(18,19)14-7-3-5-12(15)10-14/h3,5,7,10,13,16H,2,4,6,8-9,11H2,1H3. The molecule has 1 saturated heterocycles. The van der Waals surface area contributed by atoms with Gasteiger partial charge in [-0.3, -0.25) is 0 Å². The summed E-state index contributed by atoms with van der Waals surface area (Å²) in [6, 6.07) is 5.19. The van der Waals surface area contributed by atoms with Crippen molar-refractivity contribution in [2.75, 3.05) is 19.6 Å². The number of rotatable bonds is 5. The molecule has 0 radical (unpaired) electrons. The molecule has 20 heavy (non-hydrogen) atoms. The summed E-state index contributed by atoms with van der Waals surface area (Å²) in [7, 11) is -3.63. The van der Waals surface area contributed by atoms with Crippen LogP contribution in [0.5, 0.6) is 0 Å². The number of nitrogens with zero attached hydrogens (tertiary/aromatic N) is 1. The summed E-state index contributed by atoms with van der Waals surface area (Å²) in [5.74, 6) is -0.524. The molecule has 0 spiro atoms. The number of nitrogens with one attached hydrogen (secondary N) is 1. The number of hydrogen-bond donors (Lipinski definition) is 1. The summed E-state index contributed by atoms with van der Waals surface area (Å²) >= 11 is 0. The zero-order valence-electron chi connectivity index (χ0n) is 11.7. The normalized spacial score (nSPS) is 20.2. The van der Waals surface area contributed by atoms with Crippen LogP contribution in [0, 0.1) is 5.82 Å². The van der Waals surface area contributed by atoms with Gasteiger partial charge in [-0.1, -0.05) is 13.0 Å². The van der Waals surface area contributed by atoms with Crippen molar-refractivity contribution in [3.63, 3.8) is 0 Å². The molecule has 2 rings (SSSR count). The van der Waals surface area contributed by atoms with Gasteiger partial charge in [0, 0.05) is 19.1 Å². The average Bonchev–Trinajstić information content (AvgIpc) is 2.45. The van der Waals surface area contributed by atoms with E-state index in [-0.39, 0.29) is 10.9 Å². The van der Waals surface area contributed by atoms with E-state index in [1.54, 1.807) is 0 Å². The van der Waals surface area contributed by atoms with Crippen molar-refractivity contribution in [3.05, 3.63) is 30.1 Å². The largest absolute Gasteiger partial charge is 0.315 e. The van der Waals surface area contributed by atoms with Crippen LogP contribution in [0.25, 0.3) is 0 Å². The molecule has 1 N–H and O–H groups in total. The van der Waals surface area contributed by atoms with Crippen molar-refractivity contribution in [2.45, 2.75) is 37.1 Å². The van der Waals surface area contributed by atoms with E-state index in [9.17, 15) is 12.8 Å². The molecule has 0 bridgehead atoms. The maximum absolute atomic E-state index is 13.3. The van der Waals surface area contributed by atoms with Crippen molar-refractivity contribution in [3.8, 4) is 0 Å². The number of hydrogen-bond acceptors (Lipinski definition) is 3. The summed E-state index contributed by atoms with van der Waals surface area (Å²) in [6.45, 7) is 4.00. The van der Waals surface area contributed by atoms with E-state index in [4.69, 9.17) is 0 Å². The smallest absolute Gasteiger partial charge is 0.243 e. The summed E-state index contributed by atoms with van der Waals surface area (Å²) in [5, 5.41) is 3.23. The second kappa shape index (κ2) is 6.65. The predicted octanol–water partition coefficient (Wildman–Crippen LogP) is 1.98. The minimum atomic E-state index is -3.63. The van der Waals surface area contributed by atoms with Crippen molar-refractivity contribution < 1.29 is 12.8 Å². The Morgan fingerprint density at radius 2 is 2.25 bits per heavy atom. The van der Waals surface area contributed by atoms with E-state index >= 15 is 0 Å². The lowest BCUT2D eigenvalue weighted by Crippen LogP contribution is -2.48. The molecule has 1 aromatic rings. The number of benzene rings is 1. The minimum absolute atomic E-state index is 0.0384. The van der Waals surface area contributed by atoms with Crippen LogP contribution in [0.15, 0.2) is 29.2 Å². The Balaban J connectivity index is 2.31. The van der Waals surface area contributed by atoms with E-state index < -0.39 is 15.8 Å². The van der Waals surface area contributed by atoms with Crippen LogP contribution in [-0.2, 0) is 10.0 Å². The lowest BCUT2D eigenvalue weighted by atomic mass is 10.1. The van der Waals surface area contributed by atoms with Gasteiger partial charge in [0.25, 0.3) is 0 Å². The monoisotopic (exact) mass is 300 g/mol. The van der Waals surface area contributed by atoms with E-state index in [1.165, 1.54) is 22.5 Å². The molecule has 1 fully saturated rings. The third-order valence-electron chi connectivity index (χ3n) is 3.52. The summed E-state index contributed by atoms with van der Waals surface area (Å²) in [5.41, 5.74) is 0. The zero-order valence-corrected chi connectivity index (χ0v) is 12.5. The quantitative estimate of drug-likeness (QED) is 0.904. The van der Waals surface area contributed by atoms with Gasteiger partial charge in [-0.2, -0.15) is 4.31 Å². The van der Waals surface area contributed by atoms with Crippen LogP contribution in [0.2, 0.25) is 0 Å². The van der Waals surface area contributed by atoms with Gasteiger partial charge in [0.05, 0.1) is 4.90 Å². The fraction of sp³-hybridized carbons (Fsp3) is 0.571. The SMILES string of the molecule is CCCN(C1CCCNC1)S(=O)(=O)c1cccc(F)c1. The fourth-order valence-corrected chi connectivity index (χ4v) is 4.34. The van der Waals surface area contributed by atoms with Crippen LogP contribution >= 0.6 is 0 Å². The first-order valence-electron chi connectivity index (χ1n) is 7.04. The maximum Gasteiger partial charge on any atom is 0.243 e. The van der Waals surface area contributed by atoms with Gasteiger partial charge in [-0.15, -0.1) is 0 Å². The molecule has 1 aliphatic heterocycles. The van der Waals surface area contributed by atoms with Gasteiger partial charge >= 0.3 is 0 Å². The molecule has 6 heteroatoms. The maximum atomic E-state index is 13.3. The third kappa shape index (κ3) is 3.37. The summed E-state index contributed by atoms with van der Waals surface area (Å²) in [6.07, 6.45) is 2.55. The van der Waals surface area contributed by atoms with Gasteiger partial charge in [0.15, 0.2) is 0 Å². The molecule has 1 aliphatic rings. The van der Waals surface area contributed by atoms with Gasteiger partial charge in [0.2, 0.25) is 10.0 Å². The molecule has 0 amide bonds. The molecule has 0 aliphatic carbocycles. The predicted molar refractivity (Wildman–Crippen MR) is 76.5 cm³/mol. The molecule has 0 aromatic heterocycles. The zero-order chi connectivity index (χ0) is 14.6. The van der Waals surface area contributed by atoms with Crippen LogP contribution in [0.3, 0.4) is 0 Å². The van der Waals surface area contributed by atoms with E-state index in [1.807, 2.05) is 6.92 Å². The molecule has 0 saturated carbocycles. The molecular weight excluding hydrogens is 279 g/mol. The number of sulfonamides is 1. The van der Waals surface area contributed by atoms with Crippen molar-refractivity contribution >= 4 is 10.0 Å². The van der Waals surface area contributed by atoms with Gasteiger partial charge in [-0.05, 0) is 44.0 Å². The highest BCUT2D eigenvalue weighted by Crippen LogP contribution is 2.22. The Bertz CT molecular complexity index is 542. The lowest BCUT2D eigenvalue weighted by molar-refractivity contribution is 0.266. The van der Waals surface area contributed by atoms with Crippen LogP contribution in [0.1, 0.15) is 26.2 Å². The molecular formula is C14H21FN2O2S. The Hall–Kier alpha value is -0.980. The molecule has 1 unspecified atom stereocenters. The second-order valence-electron chi connectivity index (χ2n) is 5.07. The first-order valence-corrected chi connectivity index (χ1v) is 8.48. The van der Waals surface area contributed by atoms with Gasteiger partial charge in [0.1, 0.15) is 5.82 Å². The van der Waals surface area contributed by atoms with Crippen molar-refractivity contribution in [1.29, 1.82) is 0 Å². The van der Waals surface area contributed by atoms with Crippen molar-refractivity contribution in [1.82, 2.24) is 9.62 Å². The molecule has 1 heterocycles. The van der Waals surface area contributed by atoms with E-state index in [0.29, 0.717) is 13.1 Å². The number of piperidine rings is 1. The molecule has 112 valence electrons.